The molecule has 0 spiro atoms. The van der Waals surface area contributed by atoms with Gasteiger partial charge in [-0.05, 0) is 13.8 Å². The predicted octanol–water partition coefficient (Wildman–Crippen LogP) is 1.11. The average molecular weight is 139 g/mol. The number of hydrogen-bond donors (Lipinski definition) is 0. The zero-order valence-electron chi connectivity index (χ0n) is 6.00. The van der Waals surface area contributed by atoms with E-state index in [1.54, 1.807) is 4.90 Å². The minimum Gasteiger partial charge on any atom is -0.443 e. The molecule has 0 aliphatic carbocycles. The summed E-state index contributed by atoms with van der Waals surface area (Å²) in [4.78, 5) is 12.5. The first-order chi connectivity index (χ1) is 4.75. The number of fused-ring (bicyclic) bond motifs is 1. The summed E-state index contributed by atoms with van der Waals surface area (Å²) in [5.74, 6) is 0. The van der Waals surface area contributed by atoms with Crippen molar-refractivity contribution in [2.45, 2.75) is 26.0 Å². The molecule has 2 saturated heterocycles. The first-order valence-corrected chi connectivity index (χ1v) is 3.41. The molecule has 0 aromatic rings. The van der Waals surface area contributed by atoms with E-state index in [1.807, 2.05) is 19.9 Å². The zero-order valence-corrected chi connectivity index (χ0v) is 6.00. The molecule has 2 aliphatic rings. The molecule has 2 rings (SSSR count). The molecule has 0 radical (unpaired) electrons. The second-order valence-electron chi connectivity index (χ2n) is 2.62. The molecule has 54 valence electrons. The fraction of sp³-hybridized carbons (Fsp3) is 0.571. The van der Waals surface area contributed by atoms with E-state index in [2.05, 4.69) is 0 Å². The third-order valence-corrected chi connectivity index (χ3v) is 2.02. The third-order valence-electron chi connectivity index (χ3n) is 2.02. The van der Waals surface area contributed by atoms with Crippen molar-refractivity contribution in [2.75, 3.05) is 0 Å². The quantitative estimate of drug-likeness (QED) is 0.470. The van der Waals surface area contributed by atoms with Gasteiger partial charge in [0.2, 0.25) is 0 Å². The molecule has 3 nitrogen and oxygen atoms in total. The Morgan fingerprint density at radius 1 is 1.70 bits per heavy atom. The summed E-state index contributed by atoms with van der Waals surface area (Å²) in [5, 5.41) is 0. The van der Waals surface area contributed by atoms with E-state index in [9.17, 15) is 4.79 Å². The molecule has 2 atom stereocenters. The smallest absolute Gasteiger partial charge is 0.415 e. The fourth-order valence-electron chi connectivity index (χ4n) is 1.49. The van der Waals surface area contributed by atoms with Crippen LogP contribution in [0.1, 0.15) is 13.8 Å². The van der Waals surface area contributed by atoms with Crippen LogP contribution in [0.4, 0.5) is 4.79 Å². The maximum Gasteiger partial charge on any atom is 0.415 e. The Balaban J connectivity index is 2.25. The van der Waals surface area contributed by atoms with E-state index in [0.29, 0.717) is 0 Å². The van der Waals surface area contributed by atoms with Crippen molar-refractivity contribution < 1.29 is 9.53 Å². The van der Waals surface area contributed by atoms with Crippen molar-refractivity contribution in [1.29, 1.82) is 0 Å². The Kier molecular flexibility index (Phi) is 0.886. The van der Waals surface area contributed by atoms with E-state index < -0.39 is 0 Å². The molecule has 0 saturated carbocycles. The van der Waals surface area contributed by atoms with Crippen LogP contribution in [0.5, 0.6) is 0 Å². The van der Waals surface area contributed by atoms with Gasteiger partial charge >= 0.3 is 6.09 Å². The first kappa shape index (κ1) is 5.77. The summed E-state index contributed by atoms with van der Waals surface area (Å²) in [6, 6.07) is 0.262. The second kappa shape index (κ2) is 1.54. The van der Waals surface area contributed by atoms with Gasteiger partial charge in [-0.25, -0.2) is 4.79 Å². The number of hydrogen-bond acceptors (Lipinski definition) is 2. The van der Waals surface area contributed by atoms with Crippen molar-refractivity contribution in [2.24, 2.45) is 0 Å². The summed E-state index contributed by atoms with van der Waals surface area (Å²) in [7, 11) is 0. The summed E-state index contributed by atoms with van der Waals surface area (Å²) in [6.07, 6.45) is 1.82. The van der Waals surface area contributed by atoms with Gasteiger partial charge < -0.3 is 4.74 Å². The van der Waals surface area contributed by atoms with Crippen molar-refractivity contribution in [3.63, 3.8) is 0 Å². The van der Waals surface area contributed by atoms with Crippen LogP contribution >= 0.6 is 0 Å². The molecule has 10 heavy (non-hydrogen) atoms. The van der Waals surface area contributed by atoms with Gasteiger partial charge in [0.1, 0.15) is 12.1 Å². The van der Waals surface area contributed by atoms with E-state index in [1.165, 1.54) is 0 Å². The molecular weight excluding hydrogens is 130 g/mol. The van der Waals surface area contributed by atoms with Gasteiger partial charge in [-0.15, -0.1) is 0 Å². The number of carbonyl (C=O) groups excluding carboxylic acids is 1. The molecule has 0 aromatic heterocycles. The van der Waals surface area contributed by atoms with Crippen LogP contribution in [0.25, 0.3) is 0 Å². The Morgan fingerprint density at radius 2 is 2.40 bits per heavy atom. The summed E-state index contributed by atoms with van der Waals surface area (Å²) >= 11 is 0. The van der Waals surface area contributed by atoms with Gasteiger partial charge in [-0.3, -0.25) is 4.90 Å². The number of ether oxygens (including phenoxy) is 1. The molecule has 1 amide bonds. The third kappa shape index (κ3) is 0.478. The Morgan fingerprint density at radius 3 is 2.70 bits per heavy atom. The van der Waals surface area contributed by atoms with Crippen LogP contribution in [-0.2, 0) is 4.74 Å². The standard InChI is InChI=1S/C7H9NO2/c1-3-5-6-4(2)10-7(9)8(5)6/h3-4,6H,1-2H3/b5-3-/t4-,6-,8?/m0/s1. The SMILES string of the molecule is C/C=C1/[C@@H]2[C@H](C)OC(=O)N12. The summed E-state index contributed by atoms with van der Waals surface area (Å²) < 4.78 is 4.90. The van der Waals surface area contributed by atoms with Crippen LogP contribution in [0.3, 0.4) is 0 Å². The van der Waals surface area contributed by atoms with Crippen molar-refractivity contribution in [3.8, 4) is 0 Å². The Labute approximate surface area is 59.3 Å². The number of allylic oxidation sites excluding steroid dienone is 1. The minimum atomic E-state index is -0.189. The largest absolute Gasteiger partial charge is 0.443 e. The van der Waals surface area contributed by atoms with Gasteiger partial charge in [-0.2, -0.15) is 0 Å². The van der Waals surface area contributed by atoms with Crippen LogP contribution in [0.2, 0.25) is 0 Å². The summed E-state index contributed by atoms with van der Waals surface area (Å²) in [6.45, 7) is 3.85. The molecule has 2 heterocycles. The topological polar surface area (TPSA) is 29.3 Å². The Bertz CT molecular complexity index is 222. The van der Waals surface area contributed by atoms with Crippen LogP contribution in [0.15, 0.2) is 11.8 Å². The number of nitrogens with zero attached hydrogens (tertiary/aromatic N) is 1. The van der Waals surface area contributed by atoms with E-state index in [4.69, 9.17) is 4.74 Å². The van der Waals surface area contributed by atoms with Gasteiger partial charge in [0.05, 0.1) is 0 Å². The van der Waals surface area contributed by atoms with E-state index in [-0.39, 0.29) is 18.2 Å². The van der Waals surface area contributed by atoms with E-state index in [0.717, 1.165) is 5.70 Å². The van der Waals surface area contributed by atoms with Crippen molar-refractivity contribution in [1.82, 2.24) is 4.90 Å². The normalized spacial score (nSPS) is 40.0. The number of cyclic esters (lactones) is 1. The highest BCUT2D eigenvalue weighted by Gasteiger charge is 2.56. The average Bonchev–Trinajstić information content (AvgIpc) is 2.53. The lowest BCUT2D eigenvalue weighted by Crippen LogP contribution is -2.10. The number of rotatable bonds is 0. The molecular formula is C7H9NO2. The van der Waals surface area contributed by atoms with Crippen molar-refractivity contribution >= 4 is 6.09 Å². The first-order valence-electron chi connectivity index (χ1n) is 3.41. The van der Waals surface area contributed by atoms with Crippen molar-refractivity contribution in [3.05, 3.63) is 11.8 Å². The highest BCUT2D eigenvalue weighted by Crippen LogP contribution is 2.42. The van der Waals surface area contributed by atoms with Gasteiger partial charge in [0.15, 0.2) is 0 Å². The maximum absolute atomic E-state index is 10.9. The highest BCUT2D eigenvalue weighted by atomic mass is 16.6. The molecule has 0 bridgehead atoms. The lowest BCUT2D eigenvalue weighted by molar-refractivity contribution is 0.134. The molecule has 2 fully saturated rings. The minimum absolute atomic E-state index is 0.0544. The number of amides is 1. The molecule has 3 heteroatoms. The molecule has 0 aromatic carbocycles. The second-order valence-corrected chi connectivity index (χ2v) is 2.62. The number of carbonyl (C=O) groups is 1. The molecule has 0 N–H and O–H groups in total. The monoisotopic (exact) mass is 139 g/mol. The van der Waals surface area contributed by atoms with Crippen LogP contribution in [-0.4, -0.2) is 23.1 Å². The fourth-order valence-corrected chi connectivity index (χ4v) is 1.49. The van der Waals surface area contributed by atoms with Crippen LogP contribution < -0.4 is 0 Å². The van der Waals surface area contributed by atoms with Gasteiger partial charge in [-0.1, -0.05) is 6.08 Å². The highest BCUT2D eigenvalue weighted by molar-refractivity contribution is 5.80. The molecule has 2 aliphatic heterocycles. The summed E-state index contributed by atoms with van der Waals surface area (Å²) in [5.41, 5.74) is 1.11. The predicted molar refractivity (Wildman–Crippen MR) is 35.3 cm³/mol. The van der Waals surface area contributed by atoms with E-state index >= 15 is 0 Å². The van der Waals surface area contributed by atoms with Gasteiger partial charge in [0.25, 0.3) is 0 Å². The van der Waals surface area contributed by atoms with Gasteiger partial charge in [0, 0.05) is 5.70 Å². The zero-order chi connectivity index (χ0) is 7.30. The molecule has 0 unspecified atom stereocenters. The Hall–Kier alpha value is -0.990. The maximum atomic E-state index is 10.9. The lowest BCUT2D eigenvalue weighted by atomic mass is 10.3. The lowest BCUT2D eigenvalue weighted by Gasteiger charge is -2.01. The van der Waals surface area contributed by atoms with Crippen LogP contribution in [0, 0.1) is 0 Å².